The van der Waals surface area contributed by atoms with Crippen LogP contribution in [0.25, 0.3) is 0 Å². The summed E-state index contributed by atoms with van der Waals surface area (Å²) < 4.78 is 0. The predicted molar refractivity (Wildman–Crippen MR) is 66.9 cm³/mol. The molecule has 0 fully saturated rings. The van der Waals surface area contributed by atoms with Crippen molar-refractivity contribution in [2.24, 2.45) is 5.73 Å². The highest BCUT2D eigenvalue weighted by molar-refractivity contribution is 7.99. The van der Waals surface area contributed by atoms with Gasteiger partial charge in [0.25, 0.3) is 0 Å². The van der Waals surface area contributed by atoms with Crippen molar-refractivity contribution in [2.75, 3.05) is 5.32 Å². The standard InChI is InChI=1S/C11H9N5S/c12-9(13)6-1-2-8-7(5-6)16-10-11(17-8)15-4-3-14-10/h1-5H,(H3,12,13)(H,14,16). The first-order valence-electron chi connectivity index (χ1n) is 4.98. The maximum absolute atomic E-state index is 7.41. The molecule has 4 N–H and O–H groups in total. The Bertz CT molecular complexity index is 611. The van der Waals surface area contributed by atoms with Gasteiger partial charge in [-0.25, -0.2) is 9.97 Å². The van der Waals surface area contributed by atoms with Gasteiger partial charge < -0.3 is 11.1 Å². The number of nitrogens with zero attached hydrogens (tertiary/aromatic N) is 2. The second kappa shape index (κ2) is 3.74. The lowest BCUT2D eigenvalue weighted by Crippen LogP contribution is -2.12. The molecule has 1 aliphatic heterocycles. The summed E-state index contributed by atoms with van der Waals surface area (Å²) in [5.74, 6) is 0.801. The molecule has 1 aliphatic rings. The second-order valence-corrected chi connectivity index (χ2v) is 4.59. The van der Waals surface area contributed by atoms with Crippen molar-refractivity contribution < 1.29 is 0 Å². The number of rotatable bonds is 1. The van der Waals surface area contributed by atoms with E-state index in [2.05, 4.69) is 15.3 Å². The molecule has 0 saturated heterocycles. The third-order valence-electron chi connectivity index (χ3n) is 2.41. The summed E-state index contributed by atoms with van der Waals surface area (Å²) in [7, 11) is 0. The molecule has 2 aromatic rings. The Balaban J connectivity index is 2.06. The summed E-state index contributed by atoms with van der Waals surface area (Å²) in [5.41, 5.74) is 7.07. The first kappa shape index (κ1) is 10.1. The molecule has 0 saturated carbocycles. The highest BCUT2D eigenvalue weighted by atomic mass is 32.2. The number of benzene rings is 1. The summed E-state index contributed by atoms with van der Waals surface area (Å²) in [6.07, 6.45) is 3.31. The predicted octanol–water partition coefficient (Wildman–Crippen LogP) is 1.97. The Hall–Kier alpha value is -2.08. The first-order valence-corrected chi connectivity index (χ1v) is 5.80. The Labute approximate surface area is 102 Å². The first-order chi connectivity index (χ1) is 8.24. The van der Waals surface area contributed by atoms with Crippen molar-refractivity contribution in [3.05, 3.63) is 36.2 Å². The smallest absolute Gasteiger partial charge is 0.163 e. The van der Waals surface area contributed by atoms with Gasteiger partial charge in [-0.15, -0.1) is 0 Å². The molecule has 1 aromatic heterocycles. The van der Waals surface area contributed by atoms with Crippen molar-refractivity contribution in [1.82, 2.24) is 9.97 Å². The number of nitrogens with two attached hydrogens (primary N) is 1. The third-order valence-corrected chi connectivity index (χ3v) is 3.48. The molecule has 17 heavy (non-hydrogen) atoms. The monoisotopic (exact) mass is 243 g/mol. The van der Waals surface area contributed by atoms with Crippen LogP contribution < -0.4 is 11.1 Å². The molecule has 2 heterocycles. The van der Waals surface area contributed by atoms with Gasteiger partial charge in [0.05, 0.1) is 5.69 Å². The highest BCUT2D eigenvalue weighted by Gasteiger charge is 2.17. The SMILES string of the molecule is N=C(N)c1ccc2c(c1)Nc1nccnc1S2. The fourth-order valence-corrected chi connectivity index (χ4v) is 2.48. The summed E-state index contributed by atoms with van der Waals surface area (Å²) in [4.78, 5) is 9.52. The van der Waals surface area contributed by atoms with Crippen LogP contribution in [0.15, 0.2) is 40.5 Å². The Morgan fingerprint density at radius 1 is 1.29 bits per heavy atom. The molecular formula is C11H9N5S. The van der Waals surface area contributed by atoms with E-state index in [-0.39, 0.29) is 5.84 Å². The van der Waals surface area contributed by atoms with Crippen LogP contribution in [0.5, 0.6) is 0 Å². The number of hydrogen-bond acceptors (Lipinski definition) is 5. The Kier molecular flexibility index (Phi) is 2.22. The van der Waals surface area contributed by atoms with E-state index in [9.17, 15) is 0 Å². The molecule has 6 heteroatoms. The molecule has 0 amide bonds. The van der Waals surface area contributed by atoms with Crippen LogP contribution in [0, 0.1) is 5.41 Å². The molecule has 0 unspecified atom stereocenters. The van der Waals surface area contributed by atoms with Crippen molar-refractivity contribution in [3.63, 3.8) is 0 Å². The fraction of sp³-hybridized carbons (Fsp3) is 0. The lowest BCUT2D eigenvalue weighted by molar-refractivity contribution is 1.05. The van der Waals surface area contributed by atoms with E-state index in [1.54, 1.807) is 24.2 Å². The van der Waals surface area contributed by atoms with Crippen LogP contribution in [0.3, 0.4) is 0 Å². The number of nitrogen functional groups attached to an aromatic ring is 1. The van der Waals surface area contributed by atoms with E-state index in [4.69, 9.17) is 11.1 Å². The summed E-state index contributed by atoms with van der Waals surface area (Å²) in [5, 5.41) is 11.5. The van der Waals surface area contributed by atoms with Crippen molar-refractivity contribution in [2.45, 2.75) is 9.92 Å². The van der Waals surface area contributed by atoms with Crippen molar-refractivity contribution >= 4 is 29.1 Å². The van der Waals surface area contributed by atoms with Crippen LogP contribution in [0.4, 0.5) is 11.5 Å². The second-order valence-electron chi connectivity index (χ2n) is 3.56. The Morgan fingerprint density at radius 3 is 2.94 bits per heavy atom. The number of nitrogens with one attached hydrogen (secondary N) is 2. The van der Waals surface area contributed by atoms with Gasteiger partial charge in [-0.2, -0.15) is 0 Å². The average molecular weight is 243 g/mol. The molecule has 3 rings (SSSR count). The highest BCUT2D eigenvalue weighted by Crippen LogP contribution is 2.41. The maximum atomic E-state index is 7.41. The zero-order valence-corrected chi connectivity index (χ0v) is 9.58. The lowest BCUT2D eigenvalue weighted by Gasteiger charge is -2.19. The maximum Gasteiger partial charge on any atom is 0.163 e. The van der Waals surface area contributed by atoms with Gasteiger partial charge in [-0.05, 0) is 12.1 Å². The van der Waals surface area contributed by atoms with Crippen LogP contribution >= 0.6 is 11.8 Å². The zero-order valence-electron chi connectivity index (χ0n) is 8.77. The van der Waals surface area contributed by atoms with Gasteiger partial charge >= 0.3 is 0 Å². The minimum Gasteiger partial charge on any atom is -0.384 e. The molecule has 1 aromatic carbocycles. The van der Waals surface area contributed by atoms with Gasteiger partial charge in [-0.1, -0.05) is 17.8 Å². The zero-order chi connectivity index (χ0) is 11.8. The van der Waals surface area contributed by atoms with E-state index < -0.39 is 0 Å². The molecule has 0 spiro atoms. The van der Waals surface area contributed by atoms with Crippen molar-refractivity contribution in [3.8, 4) is 0 Å². The molecular weight excluding hydrogens is 234 g/mol. The minimum atomic E-state index is 0.0598. The van der Waals surface area contributed by atoms with Crippen LogP contribution in [-0.4, -0.2) is 15.8 Å². The average Bonchev–Trinajstić information content (AvgIpc) is 2.35. The number of anilines is 2. The van der Waals surface area contributed by atoms with Gasteiger partial charge in [0, 0.05) is 22.9 Å². The summed E-state index contributed by atoms with van der Waals surface area (Å²) in [6.45, 7) is 0. The summed E-state index contributed by atoms with van der Waals surface area (Å²) in [6, 6.07) is 5.61. The van der Waals surface area contributed by atoms with E-state index in [1.165, 1.54) is 0 Å². The minimum absolute atomic E-state index is 0.0598. The third kappa shape index (κ3) is 1.72. The van der Waals surface area contributed by atoms with Gasteiger partial charge in [0.2, 0.25) is 0 Å². The molecule has 5 nitrogen and oxygen atoms in total. The summed E-state index contributed by atoms with van der Waals surface area (Å²) >= 11 is 1.56. The van der Waals surface area contributed by atoms with Crippen LogP contribution in [0.2, 0.25) is 0 Å². The van der Waals surface area contributed by atoms with E-state index in [0.717, 1.165) is 21.4 Å². The molecule has 0 atom stereocenters. The molecule has 0 bridgehead atoms. The Morgan fingerprint density at radius 2 is 2.12 bits per heavy atom. The van der Waals surface area contributed by atoms with Gasteiger partial charge in [0.1, 0.15) is 10.9 Å². The number of amidine groups is 1. The van der Waals surface area contributed by atoms with Crippen molar-refractivity contribution in [1.29, 1.82) is 5.41 Å². The van der Waals surface area contributed by atoms with Gasteiger partial charge in [0.15, 0.2) is 5.82 Å². The van der Waals surface area contributed by atoms with E-state index in [1.807, 2.05) is 18.2 Å². The van der Waals surface area contributed by atoms with Gasteiger partial charge in [-0.3, -0.25) is 5.41 Å². The topological polar surface area (TPSA) is 87.7 Å². The fourth-order valence-electron chi connectivity index (χ4n) is 1.60. The normalized spacial score (nSPS) is 12.2. The molecule has 84 valence electrons. The van der Waals surface area contributed by atoms with Crippen LogP contribution in [-0.2, 0) is 0 Å². The molecule has 0 radical (unpaired) electrons. The number of hydrogen-bond donors (Lipinski definition) is 3. The lowest BCUT2D eigenvalue weighted by atomic mass is 10.2. The van der Waals surface area contributed by atoms with E-state index in [0.29, 0.717) is 5.56 Å². The quantitative estimate of drug-likeness (QED) is 0.449. The molecule has 0 aliphatic carbocycles. The largest absolute Gasteiger partial charge is 0.384 e. The number of aromatic nitrogens is 2. The van der Waals surface area contributed by atoms with E-state index >= 15 is 0 Å². The van der Waals surface area contributed by atoms with Crippen LogP contribution in [0.1, 0.15) is 5.56 Å². The number of fused-ring (bicyclic) bond motifs is 2.